The molecule has 60 valence electrons. The lowest BCUT2D eigenvalue weighted by atomic mass is 10.3. The molecule has 0 spiro atoms. The van der Waals surface area contributed by atoms with E-state index in [9.17, 15) is 10.1 Å². The second-order valence-electron chi connectivity index (χ2n) is 2.30. The molecule has 0 aromatic rings. The van der Waals surface area contributed by atoms with Gasteiger partial charge in [-0.25, -0.2) is 0 Å². The Morgan fingerprint density at radius 3 is 3.17 bits per heavy atom. The molecule has 0 bridgehead atoms. The van der Waals surface area contributed by atoms with Crippen LogP contribution >= 0.6 is 0 Å². The minimum Gasteiger partial charge on any atom is -0.805 e. The van der Waals surface area contributed by atoms with Gasteiger partial charge in [-0.05, 0) is 17.1 Å². The lowest BCUT2D eigenvalue weighted by Gasteiger charge is -2.11. The maximum atomic E-state index is 11.1. The molecular formula is C7H5N3O2. The molecule has 0 saturated carbocycles. The molecular weight excluding hydrogens is 158 g/mol. The van der Waals surface area contributed by atoms with Gasteiger partial charge in [-0.2, -0.15) is 0 Å². The molecule has 2 aliphatic rings. The monoisotopic (exact) mass is 163 g/mol. The number of fused-ring (bicyclic) bond motifs is 1. The van der Waals surface area contributed by atoms with Crippen LogP contribution in [0.5, 0.6) is 0 Å². The van der Waals surface area contributed by atoms with Crippen LogP contribution in [-0.2, 0) is 0 Å². The van der Waals surface area contributed by atoms with E-state index >= 15 is 0 Å². The highest BCUT2D eigenvalue weighted by Crippen LogP contribution is 2.10. The van der Waals surface area contributed by atoms with Crippen molar-refractivity contribution in [3.8, 4) is 11.5 Å². The van der Waals surface area contributed by atoms with Gasteiger partial charge in [0.2, 0.25) is 0 Å². The van der Waals surface area contributed by atoms with Gasteiger partial charge in [0.05, 0.1) is 0 Å². The van der Waals surface area contributed by atoms with Gasteiger partial charge >= 0.3 is 5.82 Å². The van der Waals surface area contributed by atoms with Crippen molar-refractivity contribution >= 4 is 0 Å². The second kappa shape index (κ2) is 2.30. The summed E-state index contributed by atoms with van der Waals surface area (Å²) in [7, 11) is 0. The van der Waals surface area contributed by atoms with E-state index in [4.69, 9.17) is 0 Å². The molecule has 5 heteroatoms. The van der Waals surface area contributed by atoms with Gasteiger partial charge < -0.3 is 9.94 Å². The SMILES string of the molecule is O=[n+]1cccc2n([O-])ccnc1-2. The van der Waals surface area contributed by atoms with Gasteiger partial charge in [0.15, 0.2) is 6.20 Å². The Bertz CT molecular complexity index is 437. The summed E-state index contributed by atoms with van der Waals surface area (Å²) in [6.07, 6.45) is 3.85. The van der Waals surface area contributed by atoms with E-state index in [-0.39, 0.29) is 11.5 Å². The number of hydrogen-bond acceptors (Lipinski definition) is 3. The standard InChI is InChI=1S/C7H5N3O2/c11-9-5-3-8-7-6(9)2-1-4-10(7)12/h1-5H. The highest BCUT2D eigenvalue weighted by atomic mass is 16.5. The molecule has 12 heavy (non-hydrogen) atoms. The van der Waals surface area contributed by atoms with E-state index in [0.717, 1.165) is 0 Å². The highest BCUT2D eigenvalue weighted by Gasteiger charge is 2.14. The normalized spacial score (nSPS) is 10.3. The van der Waals surface area contributed by atoms with Crippen LogP contribution in [0.1, 0.15) is 0 Å². The third kappa shape index (κ3) is 0.833. The van der Waals surface area contributed by atoms with Crippen LogP contribution in [0, 0.1) is 10.1 Å². The van der Waals surface area contributed by atoms with E-state index in [1.807, 2.05) is 0 Å². The van der Waals surface area contributed by atoms with Gasteiger partial charge in [-0.15, -0.1) is 0 Å². The van der Waals surface area contributed by atoms with Crippen molar-refractivity contribution in [2.45, 2.75) is 0 Å². The van der Waals surface area contributed by atoms with Crippen molar-refractivity contribution in [3.05, 3.63) is 40.8 Å². The van der Waals surface area contributed by atoms with Gasteiger partial charge in [0.25, 0.3) is 0 Å². The fourth-order valence-corrected chi connectivity index (χ4v) is 1.01. The van der Waals surface area contributed by atoms with Gasteiger partial charge in [0.1, 0.15) is 11.9 Å². The lowest BCUT2D eigenvalue weighted by molar-refractivity contribution is -0.485. The molecule has 2 aliphatic heterocycles. The fourth-order valence-electron chi connectivity index (χ4n) is 1.01. The quantitative estimate of drug-likeness (QED) is 0.523. The van der Waals surface area contributed by atoms with Crippen LogP contribution in [0.4, 0.5) is 0 Å². The predicted molar refractivity (Wildman–Crippen MR) is 41.0 cm³/mol. The summed E-state index contributed by atoms with van der Waals surface area (Å²) in [6, 6.07) is 3.05. The Balaban J connectivity index is 2.91. The van der Waals surface area contributed by atoms with Gasteiger partial charge in [-0.1, -0.05) is 4.91 Å². The third-order valence-electron chi connectivity index (χ3n) is 1.55. The zero-order valence-corrected chi connectivity index (χ0v) is 6.04. The van der Waals surface area contributed by atoms with Crippen molar-refractivity contribution < 1.29 is 4.43 Å². The Kier molecular flexibility index (Phi) is 1.30. The highest BCUT2D eigenvalue weighted by molar-refractivity contribution is 5.46. The van der Waals surface area contributed by atoms with Crippen LogP contribution in [0.25, 0.3) is 11.5 Å². The Morgan fingerprint density at radius 2 is 2.42 bits per heavy atom. The average molecular weight is 163 g/mol. The molecule has 2 heterocycles. The average Bonchev–Trinajstić information content (AvgIpc) is 2.07. The summed E-state index contributed by atoms with van der Waals surface area (Å²) in [5.74, 6) is 0.134. The zero-order chi connectivity index (χ0) is 8.55. The first-order chi connectivity index (χ1) is 5.79. The molecule has 0 atom stereocenters. The molecule has 0 radical (unpaired) electrons. The minimum atomic E-state index is 0.134. The largest absolute Gasteiger partial charge is 0.805 e. The summed E-state index contributed by atoms with van der Waals surface area (Å²) in [5, 5.41) is 11.1. The maximum absolute atomic E-state index is 11.1. The van der Waals surface area contributed by atoms with Crippen molar-refractivity contribution in [3.63, 3.8) is 0 Å². The van der Waals surface area contributed by atoms with Crippen molar-refractivity contribution in [2.24, 2.45) is 0 Å². The first kappa shape index (κ1) is 6.78. The van der Waals surface area contributed by atoms with Crippen LogP contribution < -0.4 is 4.43 Å². The number of rotatable bonds is 0. The van der Waals surface area contributed by atoms with Crippen LogP contribution in [0.15, 0.2) is 30.7 Å². The van der Waals surface area contributed by atoms with E-state index in [2.05, 4.69) is 4.98 Å². The summed E-state index contributed by atoms with van der Waals surface area (Å²) < 4.78 is 1.17. The Labute approximate surface area is 67.4 Å². The summed E-state index contributed by atoms with van der Waals surface area (Å²) in [4.78, 5) is 14.8. The van der Waals surface area contributed by atoms with E-state index < -0.39 is 0 Å². The van der Waals surface area contributed by atoms with Crippen LogP contribution in [-0.4, -0.2) is 9.71 Å². The first-order valence-corrected chi connectivity index (χ1v) is 3.35. The molecule has 2 rings (SSSR count). The third-order valence-corrected chi connectivity index (χ3v) is 1.55. The molecule has 0 aliphatic carbocycles. The summed E-state index contributed by atoms with van der Waals surface area (Å²) in [5.41, 5.74) is 0.273. The van der Waals surface area contributed by atoms with Crippen molar-refractivity contribution in [1.29, 1.82) is 0 Å². The molecule has 0 amide bonds. The van der Waals surface area contributed by atoms with Gasteiger partial charge in [0, 0.05) is 10.6 Å². The summed E-state index contributed by atoms with van der Waals surface area (Å²) in [6.45, 7) is 0. The summed E-state index contributed by atoms with van der Waals surface area (Å²) >= 11 is 0. The number of nitrogens with zero attached hydrogens (tertiary/aromatic N) is 3. The number of hydrogen-bond donors (Lipinski definition) is 0. The molecule has 5 nitrogen and oxygen atoms in total. The number of pyridine rings is 1. The molecule has 0 saturated heterocycles. The van der Waals surface area contributed by atoms with Crippen LogP contribution in [0.3, 0.4) is 0 Å². The predicted octanol–water partition coefficient (Wildman–Crippen LogP) is 0.248. The molecule has 0 N–H and O–H groups in total. The Morgan fingerprint density at radius 1 is 1.58 bits per heavy atom. The fraction of sp³-hybridized carbons (Fsp3) is 0. The van der Waals surface area contributed by atoms with Crippen molar-refractivity contribution in [1.82, 2.24) is 9.71 Å². The molecule has 0 aromatic heterocycles. The van der Waals surface area contributed by atoms with E-state index in [0.29, 0.717) is 9.16 Å². The van der Waals surface area contributed by atoms with Crippen molar-refractivity contribution in [2.75, 3.05) is 0 Å². The smallest absolute Gasteiger partial charge is 0.389 e. The van der Waals surface area contributed by atoms with Gasteiger partial charge in [-0.3, -0.25) is 0 Å². The zero-order valence-electron chi connectivity index (χ0n) is 6.04. The minimum absolute atomic E-state index is 0.134. The molecule has 0 fully saturated rings. The number of aromatic nitrogens is 3. The first-order valence-electron chi connectivity index (χ1n) is 3.35. The molecule has 0 aromatic carbocycles. The second-order valence-corrected chi connectivity index (χ2v) is 2.30. The lowest BCUT2D eigenvalue weighted by Crippen LogP contribution is -2.20. The maximum Gasteiger partial charge on any atom is 0.389 e. The Hall–Kier alpha value is -1.91. The van der Waals surface area contributed by atoms with Crippen LogP contribution in [0.2, 0.25) is 0 Å². The molecule has 0 unspecified atom stereocenters. The topological polar surface area (TPSA) is 63.9 Å². The van der Waals surface area contributed by atoms with E-state index in [1.54, 1.807) is 6.07 Å². The van der Waals surface area contributed by atoms with E-state index in [1.165, 1.54) is 24.7 Å².